The van der Waals surface area contributed by atoms with Crippen LogP contribution in [-0.4, -0.2) is 41.4 Å². The van der Waals surface area contributed by atoms with Crippen molar-refractivity contribution in [2.24, 2.45) is 7.05 Å². The SMILES string of the molecule is CC(C)n1ncc(NC(=O)CSc2nncn2C)n1. The Morgan fingerprint density at radius 3 is 2.89 bits per heavy atom. The van der Waals surface area contributed by atoms with Crippen LogP contribution in [0.1, 0.15) is 19.9 Å². The molecule has 0 atom stereocenters. The first-order valence-corrected chi connectivity index (χ1v) is 6.73. The van der Waals surface area contributed by atoms with Crippen LogP contribution in [0.3, 0.4) is 0 Å². The number of aromatic nitrogens is 6. The van der Waals surface area contributed by atoms with E-state index in [1.54, 1.807) is 15.7 Å². The second-order valence-electron chi connectivity index (χ2n) is 4.21. The number of thioether (sulfide) groups is 1. The summed E-state index contributed by atoms with van der Waals surface area (Å²) in [6.07, 6.45) is 3.12. The normalized spacial score (nSPS) is 10.9. The molecule has 0 bridgehead atoms. The van der Waals surface area contributed by atoms with Gasteiger partial charge in [0.05, 0.1) is 18.0 Å². The van der Waals surface area contributed by atoms with Gasteiger partial charge in [-0.25, -0.2) is 0 Å². The van der Waals surface area contributed by atoms with Gasteiger partial charge >= 0.3 is 0 Å². The number of nitrogens with one attached hydrogen (secondary N) is 1. The zero-order valence-electron chi connectivity index (χ0n) is 10.9. The maximum Gasteiger partial charge on any atom is 0.236 e. The summed E-state index contributed by atoms with van der Waals surface area (Å²) in [7, 11) is 1.83. The van der Waals surface area contributed by atoms with Gasteiger partial charge < -0.3 is 9.88 Å². The Balaban J connectivity index is 1.85. The van der Waals surface area contributed by atoms with E-state index in [2.05, 4.69) is 25.7 Å². The van der Waals surface area contributed by atoms with Crippen molar-refractivity contribution < 1.29 is 4.79 Å². The third-order valence-electron chi connectivity index (χ3n) is 2.24. The smallest absolute Gasteiger partial charge is 0.236 e. The molecule has 1 amide bonds. The average Bonchev–Trinajstić information content (AvgIpc) is 2.96. The molecule has 0 spiro atoms. The van der Waals surface area contributed by atoms with Crippen molar-refractivity contribution in [2.75, 3.05) is 11.1 Å². The molecule has 2 rings (SSSR count). The lowest BCUT2D eigenvalue weighted by Gasteiger charge is -2.02. The Kier molecular flexibility index (Phi) is 4.15. The van der Waals surface area contributed by atoms with Gasteiger partial charge in [-0.1, -0.05) is 11.8 Å². The van der Waals surface area contributed by atoms with Gasteiger partial charge in [-0.15, -0.1) is 15.3 Å². The molecule has 2 aromatic heterocycles. The topological polar surface area (TPSA) is 90.5 Å². The Hall–Kier alpha value is -1.90. The highest BCUT2D eigenvalue weighted by Crippen LogP contribution is 2.13. The second kappa shape index (κ2) is 5.83. The molecular formula is C10H15N7OS. The van der Waals surface area contributed by atoms with Gasteiger partial charge in [-0.05, 0) is 13.8 Å². The van der Waals surface area contributed by atoms with Gasteiger partial charge in [-0.3, -0.25) is 4.79 Å². The highest BCUT2D eigenvalue weighted by molar-refractivity contribution is 7.99. The Morgan fingerprint density at radius 1 is 1.53 bits per heavy atom. The van der Waals surface area contributed by atoms with E-state index in [-0.39, 0.29) is 17.7 Å². The predicted molar refractivity (Wildman–Crippen MR) is 70.8 cm³/mol. The Bertz CT molecular complexity index is 562. The maximum atomic E-state index is 11.7. The van der Waals surface area contributed by atoms with Crippen LogP contribution in [0.5, 0.6) is 0 Å². The molecule has 8 nitrogen and oxygen atoms in total. The molecule has 2 heterocycles. The number of hydrogen-bond donors (Lipinski definition) is 1. The summed E-state index contributed by atoms with van der Waals surface area (Å²) < 4.78 is 1.76. The maximum absolute atomic E-state index is 11.7. The fraction of sp³-hybridized carbons (Fsp3) is 0.500. The minimum Gasteiger partial charge on any atom is -0.312 e. The molecule has 0 radical (unpaired) electrons. The van der Waals surface area contributed by atoms with E-state index in [4.69, 9.17) is 0 Å². The van der Waals surface area contributed by atoms with Crippen molar-refractivity contribution in [3.63, 3.8) is 0 Å². The summed E-state index contributed by atoms with van der Waals surface area (Å²) in [6.45, 7) is 3.94. The minimum absolute atomic E-state index is 0.149. The van der Waals surface area contributed by atoms with Gasteiger partial charge in [0.25, 0.3) is 0 Å². The molecule has 0 aliphatic carbocycles. The van der Waals surface area contributed by atoms with Gasteiger partial charge in [0.1, 0.15) is 6.33 Å². The highest BCUT2D eigenvalue weighted by atomic mass is 32.2. The number of hydrogen-bond acceptors (Lipinski definition) is 6. The van der Waals surface area contributed by atoms with Gasteiger partial charge in [0.15, 0.2) is 11.0 Å². The van der Waals surface area contributed by atoms with Crippen molar-refractivity contribution in [2.45, 2.75) is 25.0 Å². The van der Waals surface area contributed by atoms with E-state index in [9.17, 15) is 4.79 Å². The molecule has 0 aromatic carbocycles. The quantitative estimate of drug-likeness (QED) is 0.812. The lowest BCUT2D eigenvalue weighted by Crippen LogP contribution is -2.15. The van der Waals surface area contributed by atoms with E-state index in [0.717, 1.165) is 0 Å². The van der Waals surface area contributed by atoms with Crippen LogP contribution in [0.25, 0.3) is 0 Å². The van der Waals surface area contributed by atoms with Gasteiger partial charge in [0.2, 0.25) is 5.91 Å². The first-order valence-electron chi connectivity index (χ1n) is 5.74. The Morgan fingerprint density at radius 2 is 2.32 bits per heavy atom. The summed E-state index contributed by atoms with van der Waals surface area (Å²) in [5.74, 6) is 0.558. The van der Waals surface area contributed by atoms with E-state index in [1.807, 2.05) is 20.9 Å². The molecule has 0 saturated carbocycles. The van der Waals surface area contributed by atoms with Crippen molar-refractivity contribution in [3.8, 4) is 0 Å². The fourth-order valence-corrected chi connectivity index (χ4v) is 1.98. The average molecular weight is 281 g/mol. The summed E-state index contributed by atoms with van der Waals surface area (Å²) in [5, 5.41) is 19.2. The van der Waals surface area contributed by atoms with Crippen molar-refractivity contribution in [1.29, 1.82) is 0 Å². The monoisotopic (exact) mass is 281 g/mol. The Labute approximate surface area is 114 Å². The first-order chi connectivity index (χ1) is 9.06. The molecule has 0 saturated heterocycles. The minimum atomic E-state index is -0.149. The fourth-order valence-electron chi connectivity index (χ4n) is 1.29. The molecule has 19 heavy (non-hydrogen) atoms. The molecule has 102 valence electrons. The molecule has 0 unspecified atom stereocenters. The number of nitrogens with zero attached hydrogens (tertiary/aromatic N) is 6. The number of aryl methyl sites for hydroxylation is 1. The zero-order chi connectivity index (χ0) is 13.8. The van der Waals surface area contributed by atoms with Crippen LogP contribution in [0.4, 0.5) is 5.82 Å². The van der Waals surface area contributed by atoms with Gasteiger partial charge in [0, 0.05) is 7.05 Å². The third-order valence-corrected chi connectivity index (χ3v) is 3.27. The van der Waals surface area contributed by atoms with Crippen LogP contribution in [0.2, 0.25) is 0 Å². The highest BCUT2D eigenvalue weighted by Gasteiger charge is 2.10. The van der Waals surface area contributed by atoms with Crippen LogP contribution in [-0.2, 0) is 11.8 Å². The van der Waals surface area contributed by atoms with Crippen molar-refractivity contribution in [3.05, 3.63) is 12.5 Å². The van der Waals surface area contributed by atoms with Crippen molar-refractivity contribution >= 4 is 23.5 Å². The third kappa shape index (κ3) is 3.53. The summed E-state index contributed by atoms with van der Waals surface area (Å²) in [5.41, 5.74) is 0. The number of amides is 1. The van der Waals surface area contributed by atoms with E-state index >= 15 is 0 Å². The van der Waals surface area contributed by atoms with Crippen molar-refractivity contribution in [1.82, 2.24) is 29.8 Å². The molecular weight excluding hydrogens is 266 g/mol. The summed E-state index contributed by atoms with van der Waals surface area (Å²) in [6, 6.07) is 0.165. The lowest BCUT2D eigenvalue weighted by atomic mass is 10.4. The number of carbonyl (C=O) groups excluding carboxylic acids is 1. The molecule has 0 aliphatic rings. The van der Waals surface area contributed by atoms with Crippen LogP contribution < -0.4 is 5.32 Å². The molecule has 2 aromatic rings. The van der Waals surface area contributed by atoms with Crippen LogP contribution in [0, 0.1) is 0 Å². The zero-order valence-corrected chi connectivity index (χ0v) is 11.8. The standard InChI is InChI=1S/C10H15N7OS/c1-7(2)17-12-4-8(15-17)13-9(18)5-19-10-14-11-6-16(10)3/h4,6-7H,5H2,1-3H3,(H,13,15,18). The van der Waals surface area contributed by atoms with E-state index < -0.39 is 0 Å². The van der Waals surface area contributed by atoms with Crippen LogP contribution in [0.15, 0.2) is 17.7 Å². The molecule has 0 fully saturated rings. The van der Waals surface area contributed by atoms with E-state index in [1.165, 1.54) is 18.0 Å². The number of rotatable bonds is 5. The molecule has 9 heteroatoms. The van der Waals surface area contributed by atoms with E-state index in [0.29, 0.717) is 11.0 Å². The predicted octanol–water partition coefficient (Wildman–Crippen LogP) is 0.718. The molecule has 0 aliphatic heterocycles. The molecule has 1 N–H and O–H groups in total. The first kappa shape index (κ1) is 13.5. The largest absolute Gasteiger partial charge is 0.312 e. The number of carbonyl (C=O) groups is 1. The lowest BCUT2D eigenvalue weighted by molar-refractivity contribution is -0.113. The second-order valence-corrected chi connectivity index (χ2v) is 5.15. The van der Waals surface area contributed by atoms with Crippen LogP contribution >= 0.6 is 11.8 Å². The number of anilines is 1. The summed E-state index contributed by atoms with van der Waals surface area (Å²) >= 11 is 1.32. The van der Waals surface area contributed by atoms with Gasteiger partial charge in [-0.2, -0.15) is 9.90 Å². The summed E-state index contributed by atoms with van der Waals surface area (Å²) in [4.78, 5) is 13.3.